The first-order valence-corrected chi connectivity index (χ1v) is 11.4. The molecule has 2 heterocycles. The van der Waals surface area contributed by atoms with Gasteiger partial charge in [-0.25, -0.2) is 0 Å². The number of aliphatic carboxylic acids is 1. The Morgan fingerprint density at radius 1 is 1.03 bits per heavy atom. The first-order valence-electron chi connectivity index (χ1n) is 11.4. The third kappa shape index (κ3) is 6.72. The SMILES string of the molecule is CC(C)(COCc1ccccc1)COCc1nc(-c2ccc(CN3CC(C(=O)O)C3)cc2)no1. The fraction of sp³-hybridized carbons (Fsp3) is 0.423. The lowest BCUT2D eigenvalue weighted by Gasteiger charge is -2.36. The molecule has 2 aromatic carbocycles. The maximum absolute atomic E-state index is 10.9. The molecule has 0 radical (unpaired) electrons. The minimum atomic E-state index is -0.719. The number of ether oxygens (including phenoxy) is 2. The van der Waals surface area contributed by atoms with Crippen LogP contribution in [0.15, 0.2) is 59.1 Å². The van der Waals surface area contributed by atoms with Gasteiger partial charge in [-0.3, -0.25) is 9.69 Å². The average molecular weight is 466 g/mol. The summed E-state index contributed by atoms with van der Waals surface area (Å²) in [5.74, 6) is -0.0130. The normalized spacial score (nSPS) is 14.8. The highest BCUT2D eigenvalue weighted by Crippen LogP contribution is 2.22. The van der Waals surface area contributed by atoms with E-state index in [1.54, 1.807) is 0 Å². The van der Waals surface area contributed by atoms with E-state index in [2.05, 4.69) is 28.9 Å². The molecular weight excluding hydrogens is 434 g/mol. The zero-order valence-corrected chi connectivity index (χ0v) is 19.6. The summed E-state index contributed by atoms with van der Waals surface area (Å²) >= 11 is 0. The molecule has 1 aromatic heterocycles. The summed E-state index contributed by atoms with van der Waals surface area (Å²) in [6.45, 7) is 8.04. The maximum atomic E-state index is 10.9. The second kappa shape index (κ2) is 10.9. The van der Waals surface area contributed by atoms with Gasteiger partial charge in [-0.1, -0.05) is 73.6 Å². The molecule has 0 aliphatic carbocycles. The molecule has 0 bridgehead atoms. The van der Waals surface area contributed by atoms with Crippen LogP contribution in [-0.2, 0) is 34.0 Å². The van der Waals surface area contributed by atoms with Gasteiger partial charge in [0.15, 0.2) is 0 Å². The van der Waals surface area contributed by atoms with Gasteiger partial charge in [-0.15, -0.1) is 0 Å². The van der Waals surface area contributed by atoms with Crippen LogP contribution < -0.4 is 0 Å². The standard InChI is InChI=1S/C26H31N3O5/c1-26(2,17-32-15-20-6-4-3-5-7-20)18-33-16-23-27-24(28-34-23)21-10-8-19(9-11-21)12-29-13-22(14-29)25(30)31/h3-11,22H,12-18H2,1-2H3,(H,30,31). The van der Waals surface area contributed by atoms with E-state index in [-0.39, 0.29) is 17.9 Å². The van der Waals surface area contributed by atoms with Crippen molar-refractivity contribution >= 4 is 5.97 Å². The first kappa shape index (κ1) is 24.1. The summed E-state index contributed by atoms with van der Waals surface area (Å²) in [5.41, 5.74) is 2.99. The summed E-state index contributed by atoms with van der Waals surface area (Å²) in [4.78, 5) is 17.5. The Kier molecular flexibility index (Phi) is 7.72. The zero-order valence-electron chi connectivity index (χ0n) is 19.6. The van der Waals surface area contributed by atoms with Crippen molar-refractivity contribution in [1.82, 2.24) is 15.0 Å². The zero-order chi connectivity index (χ0) is 24.0. The largest absolute Gasteiger partial charge is 0.481 e. The van der Waals surface area contributed by atoms with Gasteiger partial charge in [0, 0.05) is 30.6 Å². The van der Waals surface area contributed by atoms with E-state index >= 15 is 0 Å². The lowest BCUT2D eigenvalue weighted by molar-refractivity contribution is -0.147. The van der Waals surface area contributed by atoms with Crippen molar-refractivity contribution in [2.45, 2.75) is 33.6 Å². The van der Waals surface area contributed by atoms with Gasteiger partial charge in [0.25, 0.3) is 5.89 Å². The van der Waals surface area contributed by atoms with Crippen LogP contribution in [0, 0.1) is 11.3 Å². The lowest BCUT2D eigenvalue weighted by Crippen LogP contribution is -2.49. The molecule has 8 nitrogen and oxygen atoms in total. The molecule has 1 fully saturated rings. The number of benzene rings is 2. The number of likely N-dealkylation sites (tertiary alicyclic amines) is 1. The molecule has 1 aliphatic rings. The first-order chi connectivity index (χ1) is 16.4. The molecule has 0 atom stereocenters. The van der Waals surface area contributed by atoms with E-state index in [9.17, 15) is 4.79 Å². The minimum Gasteiger partial charge on any atom is -0.481 e. The third-order valence-electron chi connectivity index (χ3n) is 5.72. The average Bonchev–Trinajstić information content (AvgIpc) is 3.25. The predicted octanol–water partition coefficient (Wildman–Crippen LogP) is 4.01. The Balaban J connectivity index is 1.19. The van der Waals surface area contributed by atoms with Crippen molar-refractivity contribution in [3.05, 3.63) is 71.6 Å². The molecule has 4 rings (SSSR count). The number of hydrogen-bond donors (Lipinski definition) is 1. The van der Waals surface area contributed by atoms with Crippen molar-refractivity contribution in [2.75, 3.05) is 26.3 Å². The van der Waals surface area contributed by atoms with Crippen LogP contribution >= 0.6 is 0 Å². The van der Waals surface area contributed by atoms with Crippen LogP contribution in [0.4, 0.5) is 0 Å². The van der Waals surface area contributed by atoms with E-state index < -0.39 is 5.97 Å². The van der Waals surface area contributed by atoms with Crippen molar-refractivity contribution in [1.29, 1.82) is 0 Å². The molecule has 1 saturated heterocycles. The van der Waals surface area contributed by atoms with Crippen LogP contribution in [0.25, 0.3) is 11.4 Å². The summed E-state index contributed by atoms with van der Waals surface area (Å²) in [6.07, 6.45) is 0. The van der Waals surface area contributed by atoms with Crippen molar-refractivity contribution in [3.8, 4) is 11.4 Å². The number of rotatable bonds is 12. The van der Waals surface area contributed by atoms with E-state index in [4.69, 9.17) is 19.1 Å². The number of aromatic nitrogens is 2. The van der Waals surface area contributed by atoms with Crippen molar-refractivity contribution in [2.24, 2.45) is 11.3 Å². The predicted molar refractivity (Wildman–Crippen MR) is 126 cm³/mol. The van der Waals surface area contributed by atoms with E-state index in [1.165, 1.54) is 0 Å². The summed E-state index contributed by atoms with van der Waals surface area (Å²) in [5, 5.41) is 13.1. The van der Waals surface area contributed by atoms with Crippen LogP contribution in [-0.4, -0.2) is 52.4 Å². The van der Waals surface area contributed by atoms with Crippen LogP contribution in [0.3, 0.4) is 0 Å². The van der Waals surface area contributed by atoms with Gasteiger partial charge in [0.05, 0.1) is 25.7 Å². The quantitative estimate of drug-likeness (QED) is 0.428. The minimum absolute atomic E-state index is 0.144. The summed E-state index contributed by atoms with van der Waals surface area (Å²) < 4.78 is 17.0. The summed E-state index contributed by atoms with van der Waals surface area (Å²) in [6, 6.07) is 18.0. The van der Waals surface area contributed by atoms with Crippen molar-refractivity contribution in [3.63, 3.8) is 0 Å². The molecule has 180 valence electrons. The Labute approximate surface area is 199 Å². The maximum Gasteiger partial charge on any atom is 0.309 e. The molecule has 0 saturated carbocycles. The monoisotopic (exact) mass is 465 g/mol. The molecule has 0 amide bonds. The summed E-state index contributed by atoms with van der Waals surface area (Å²) in [7, 11) is 0. The van der Waals surface area contributed by atoms with E-state index in [0.717, 1.165) is 23.2 Å². The fourth-order valence-electron chi connectivity index (χ4n) is 3.78. The van der Waals surface area contributed by atoms with E-state index in [1.807, 2.05) is 54.6 Å². The van der Waals surface area contributed by atoms with Crippen LogP contribution in [0.1, 0.15) is 30.9 Å². The van der Waals surface area contributed by atoms with Gasteiger partial charge < -0.3 is 19.1 Å². The van der Waals surface area contributed by atoms with Gasteiger partial charge in [0.1, 0.15) is 6.61 Å². The van der Waals surface area contributed by atoms with Crippen molar-refractivity contribution < 1.29 is 23.9 Å². The van der Waals surface area contributed by atoms with Gasteiger partial charge in [-0.05, 0) is 11.1 Å². The number of hydrogen-bond acceptors (Lipinski definition) is 7. The van der Waals surface area contributed by atoms with Gasteiger partial charge >= 0.3 is 5.97 Å². The Hall–Kier alpha value is -3.07. The number of carboxylic acids is 1. The highest BCUT2D eigenvalue weighted by atomic mass is 16.5. The molecule has 8 heteroatoms. The molecule has 3 aromatic rings. The van der Waals surface area contributed by atoms with Gasteiger partial charge in [0.2, 0.25) is 5.82 Å². The smallest absolute Gasteiger partial charge is 0.309 e. The molecular formula is C26H31N3O5. The Bertz CT molecular complexity index is 1060. The number of carbonyl (C=O) groups is 1. The van der Waals surface area contributed by atoms with Gasteiger partial charge in [-0.2, -0.15) is 4.98 Å². The molecule has 34 heavy (non-hydrogen) atoms. The molecule has 0 unspecified atom stereocenters. The molecule has 1 aliphatic heterocycles. The fourth-order valence-corrected chi connectivity index (χ4v) is 3.78. The number of carboxylic acid groups (broad SMARTS) is 1. The third-order valence-corrected chi connectivity index (χ3v) is 5.72. The number of nitrogens with zero attached hydrogens (tertiary/aromatic N) is 3. The van der Waals surface area contributed by atoms with Crippen LogP contribution in [0.5, 0.6) is 0 Å². The van der Waals surface area contributed by atoms with E-state index in [0.29, 0.717) is 44.6 Å². The molecule has 0 spiro atoms. The topological polar surface area (TPSA) is 97.9 Å². The Morgan fingerprint density at radius 3 is 2.38 bits per heavy atom. The highest BCUT2D eigenvalue weighted by Gasteiger charge is 2.32. The second-order valence-electron chi connectivity index (χ2n) is 9.57. The van der Waals surface area contributed by atoms with Crippen LogP contribution in [0.2, 0.25) is 0 Å². The second-order valence-corrected chi connectivity index (χ2v) is 9.57. The lowest BCUT2D eigenvalue weighted by atomic mass is 9.96. The molecule has 1 N–H and O–H groups in total. The highest BCUT2D eigenvalue weighted by molar-refractivity contribution is 5.71. The Morgan fingerprint density at radius 2 is 1.71 bits per heavy atom.